The van der Waals surface area contributed by atoms with E-state index >= 15 is 0 Å². The molecule has 26 heavy (non-hydrogen) atoms. The lowest BCUT2D eigenvalue weighted by Gasteiger charge is -2.29. The van der Waals surface area contributed by atoms with Crippen molar-refractivity contribution >= 4 is 23.0 Å². The molecule has 0 heterocycles. The van der Waals surface area contributed by atoms with E-state index in [9.17, 15) is 9.59 Å². The normalized spacial score (nSPS) is 35.1. The standard InChI is InChI=1S/C22H34N2O2/c1-21(2)11-15(9-17(25)13-21)23-19-7-5-6-8-20(19)24-16-10-18(26)14-22(3,4)12-16/h19-20H,5-14H2,1-4H3/p+2/t19-,20-/m1/s1. The third-order valence-corrected chi connectivity index (χ3v) is 6.10. The predicted molar refractivity (Wildman–Crippen MR) is 103 cm³/mol. The minimum absolute atomic E-state index is 0.0732. The Hall–Kier alpha value is -1.32. The van der Waals surface area contributed by atoms with E-state index in [-0.39, 0.29) is 10.8 Å². The van der Waals surface area contributed by atoms with Crippen LogP contribution in [0.3, 0.4) is 0 Å². The topological polar surface area (TPSA) is 62.1 Å². The second-order valence-corrected chi connectivity index (χ2v) is 10.5. The molecule has 0 aliphatic heterocycles. The highest BCUT2D eigenvalue weighted by Gasteiger charge is 2.39. The summed E-state index contributed by atoms with van der Waals surface area (Å²) in [6.45, 7) is 8.75. The van der Waals surface area contributed by atoms with Gasteiger partial charge in [-0.25, -0.2) is 9.98 Å². The van der Waals surface area contributed by atoms with Gasteiger partial charge in [-0.05, 0) is 23.7 Å². The van der Waals surface area contributed by atoms with Gasteiger partial charge in [-0.15, -0.1) is 0 Å². The molecule has 0 bridgehead atoms. The third kappa shape index (κ3) is 5.11. The van der Waals surface area contributed by atoms with Crippen LogP contribution in [0.5, 0.6) is 0 Å². The summed E-state index contributed by atoms with van der Waals surface area (Å²) in [6, 6.07) is 0.737. The molecule has 4 heteroatoms. The van der Waals surface area contributed by atoms with Crippen LogP contribution in [-0.4, -0.2) is 35.1 Å². The minimum Gasteiger partial charge on any atom is -0.299 e. The first-order valence-corrected chi connectivity index (χ1v) is 10.4. The highest BCUT2D eigenvalue weighted by Crippen LogP contribution is 2.31. The zero-order chi connectivity index (χ0) is 18.9. The van der Waals surface area contributed by atoms with Crippen LogP contribution in [0.4, 0.5) is 0 Å². The highest BCUT2D eigenvalue weighted by atomic mass is 16.1. The van der Waals surface area contributed by atoms with Crippen molar-refractivity contribution in [3.8, 4) is 0 Å². The van der Waals surface area contributed by atoms with Crippen molar-refractivity contribution in [2.75, 3.05) is 0 Å². The Bertz CT molecular complexity index is 587. The van der Waals surface area contributed by atoms with Crippen molar-refractivity contribution in [3.05, 3.63) is 0 Å². The van der Waals surface area contributed by atoms with E-state index < -0.39 is 0 Å². The molecule has 144 valence electrons. The molecule has 3 fully saturated rings. The van der Waals surface area contributed by atoms with E-state index in [4.69, 9.17) is 0 Å². The highest BCUT2D eigenvalue weighted by molar-refractivity contribution is 6.02. The van der Waals surface area contributed by atoms with Crippen molar-refractivity contribution in [1.82, 2.24) is 0 Å². The number of hydrogen-bond acceptors (Lipinski definition) is 2. The van der Waals surface area contributed by atoms with Crippen molar-refractivity contribution in [3.63, 3.8) is 0 Å². The van der Waals surface area contributed by atoms with Crippen molar-refractivity contribution in [2.24, 2.45) is 10.8 Å². The van der Waals surface area contributed by atoms with Gasteiger partial charge in [0.1, 0.15) is 11.6 Å². The maximum atomic E-state index is 12.1. The zero-order valence-corrected chi connectivity index (χ0v) is 17.0. The maximum absolute atomic E-state index is 12.1. The lowest BCUT2D eigenvalue weighted by atomic mass is 9.75. The van der Waals surface area contributed by atoms with Gasteiger partial charge in [-0.3, -0.25) is 9.59 Å². The van der Waals surface area contributed by atoms with Crippen LogP contribution in [0.1, 0.15) is 91.9 Å². The Morgan fingerprint density at radius 3 is 1.42 bits per heavy atom. The molecule has 0 aromatic heterocycles. The number of carbonyl (C=O) groups excluding carboxylic acids is 2. The molecule has 3 aliphatic carbocycles. The van der Waals surface area contributed by atoms with Crippen LogP contribution in [0, 0.1) is 10.8 Å². The van der Waals surface area contributed by atoms with Gasteiger partial charge in [0.05, 0.1) is 12.8 Å². The largest absolute Gasteiger partial charge is 0.299 e. The molecular formula is C22H36N2O2+2. The molecule has 0 aromatic carbocycles. The molecule has 3 rings (SSSR count). The van der Waals surface area contributed by atoms with Gasteiger partial charge in [0.25, 0.3) is 0 Å². The second kappa shape index (κ2) is 7.36. The Balaban J connectivity index is 1.78. The van der Waals surface area contributed by atoms with E-state index in [1.807, 2.05) is 0 Å². The number of ketones is 2. The van der Waals surface area contributed by atoms with E-state index in [2.05, 4.69) is 37.7 Å². The number of carbonyl (C=O) groups is 2. The van der Waals surface area contributed by atoms with E-state index in [1.165, 1.54) is 24.3 Å². The van der Waals surface area contributed by atoms with Crippen molar-refractivity contribution in [1.29, 1.82) is 0 Å². The fraction of sp³-hybridized carbons (Fsp3) is 0.818. The molecule has 0 radical (unpaired) electrons. The molecule has 2 atom stereocenters. The Kier molecular flexibility index (Phi) is 5.50. The molecule has 4 nitrogen and oxygen atoms in total. The maximum Gasteiger partial charge on any atom is 0.211 e. The SMILES string of the molecule is CC1(C)CC(=O)CC(=[NH+][C@@H]2CCCC[C@H]2[NH+]=C2CC(=O)CC(C)(C)C2)C1. The Morgan fingerprint density at radius 2 is 1.08 bits per heavy atom. The Labute approximate surface area is 157 Å². The summed E-state index contributed by atoms with van der Waals surface area (Å²) in [6.07, 6.45) is 9.30. The van der Waals surface area contributed by atoms with Crippen LogP contribution >= 0.6 is 0 Å². The molecule has 0 unspecified atom stereocenters. The van der Waals surface area contributed by atoms with Gasteiger partial charge in [-0.1, -0.05) is 27.7 Å². The van der Waals surface area contributed by atoms with Gasteiger partial charge >= 0.3 is 0 Å². The second-order valence-electron chi connectivity index (χ2n) is 10.5. The summed E-state index contributed by atoms with van der Waals surface area (Å²) in [7, 11) is 0. The van der Waals surface area contributed by atoms with Crippen LogP contribution in [0.15, 0.2) is 0 Å². The Morgan fingerprint density at radius 1 is 0.692 bits per heavy atom. The number of hydrogen-bond donors (Lipinski definition) is 2. The van der Waals surface area contributed by atoms with Gasteiger partial charge in [-0.2, -0.15) is 0 Å². The third-order valence-electron chi connectivity index (χ3n) is 6.10. The summed E-state index contributed by atoms with van der Waals surface area (Å²) >= 11 is 0. The monoisotopic (exact) mass is 360 g/mol. The first kappa shape index (κ1) is 19.4. The number of rotatable bonds is 2. The van der Waals surface area contributed by atoms with E-state index in [0.717, 1.165) is 25.7 Å². The minimum atomic E-state index is 0.0732. The molecular weight excluding hydrogens is 324 g/mol. The average Bonchev–Trinajstić information content (AvgIpc) is 2.45. The first-order valence-electron chi connectivity index (χ1n) is 10.4. The number of nitrogens with one attached hydrogen (secondary N) is 2. The summed E-state index contributed by atoms with van der Waals surface area (Å²) in [5.74, 6) is 0.719. The lowest BCUT2D eigenvalue weighted by molar-refractivity contribution is -0.611. The summed E-state index contributed by atoms with van der Waals surface area (Å²) < 4.78 is 0. The van der Waals surface area contributed by atoms with Crippen LogP contribution in [-0.2, 0) is 9.59 Å². The van der Waals surface area contributed by atoms with Gasteiger partial charge in [0, 0.05) is 38.5 Å². The van der Waals surface area contributed by atoms with Gasteiger partial charge < -0.3 is 0 Å². The summed E-state index contributed by atoms with van der Waals surface area (Å²) in [5, 5.41) is 0. The average molecular weight is 361 g/mol. The van der Waals surface area contributed by atoms with Crippen LogP contribution < -0.4 is 9.98 Å². The zero-order valence-electron chi connectivity index (χ0n) is 17.0. The molecule has 0 aromatic rings. The van der Waals surface area contributed by atoms with E-state index in [1.54, 1.807) is 0 Å². The van der Waals surface area contributed by atoms with Crippen LogP contribution in [0.2, 0.25) is 0 Å². The fourth-order valence-corrected chi connectivity index (χ4v) is 5.28. The van der Waals surface area contributed by atoms with Gasteiger partial charge in [0.15, 0.2) is 11.4 Å². The first-order chi connectivity index (χ1) is 12.1. The quantitative estimate of drug-likeness (QED) is 0.769. The molecule has 0 spiro atoms. The summed E-state index contributed by atoms with van der Waals surface area (Å²) in [5.41, 5.74) is 2.58. The lowest BCUT2D eigenvalue weighted by Crippen LogP contribution is -2.95. The molecule has 2 N–H and O–H groups in total. The fourth-order valence-electron chi connectivity index (χ4n) is 5.28. The van der Waals surface area contributed by atoms with Crippen molar-refractivity contribution in [2.45, 2.75) is 104 Å². The van der Waals surface area contributed by atoms with Gasteiger partial charge in [0.2, 0.25) is 12.1 Å². The summed E-state index contributed by atoms with van der Waals surface area (Å²) in [4.78, 5) is 31.7. The molecule has 3 saturated carbocycles. The molecule has 0 saturated heterocycles. The molecule has 3 aliphatic rings. The predicted octanol–water partition coefficient (Wildman–Crippen LogP) is 0.899. The number of Topliss-reactive ketones (excluding diaryl/α,β-unsaturated/α-hetero) is 2. The van der Waals surface area contributed by atoms with Crippen molar-refractivity contribution < 1.29 is 19.6 Å². The smallest absolute Gasteiger partial charge is 0.211 e. The van der Waals surface area contributed by atoms with Crippen LogP contribution in [0.25, 0.3) is 0 Å². The van der Waals surface area contributed by atoms with E-state index in [0.29, 0.717) is 49.3 Å². The molecule has 0 amide bonds.